The Morgan fingerprint density at radius 2 is 1.79 bits per heavy atom. The van der Waals surface area contributed by atoms with Crippen LogP contribution in [0, 0.1) is 5.92 Å². The van der Waals surface area contributed by atoms with Crippen LogP contribution in [0.3, 0.4) is 0 Å². The maximum Gasteiger partial charge on any atom is 0.267 e. The van der Waals surface area contributed by atoms with Crippen molar-refractivity contribution in [2.24, 2.45) is 5.92 Å². The van der Waals surface area contributed by atoms with Crippen LogP contribution in [0.4, 0.5) is 11.5 Å². The highest BCUT2D eigenvalue weighted by Gasteiger charge is 2.32. The first-order valence-electron chi connectivity index (χ1n) is 12.4. The van der Waals surface area contributed by atoms with Gasteiger partial charge in [0, 0.05) is 42.0 Å². The van der Waals surface area contributed by atoms with E-state index in [0.717, 1.165) is 35.0 Å². The summed E-state index contributed by atoms with van der Waals surface area (Å²) in [5.74, 6) is 0.230. The number of nitrogens with one attached hydrogen (secondary N) is 1. The summed E-state index contributed by atoms with van der Waals surface area (Å²) in [6.07, 6.45) is 6.93. The number of benzene rings is 2. The molecule has 38 heavy (non-hydrogen) atoms. The maximum atomic E-state index is 13.0. The summed E-state index contributed by atoms with van der Waals surface area (Å²) in [5, 5.41) is 13.0. The number of nitrogen functional groups attached to an aromatic ring is 1. The molecule has 0 aliphatic heterocycles. The van der Waals surface area contributed by atoms with E-state index in [2.05, 4.69) is 19.9 Å². The Hall–Kier alpha value is -4.76. The van der Waals surface area contributed by atoms with E-state index in [1.54, 1.807) is 24.4 Å². The summed E-state index contributed by atoms with van der Waals surface area (Å²) in [6, 6.07) is 20.0. The van der Waals surface area contributed by atoms with Gasteiger partial charge in [-0.2, -0.15) is 0 Å². The molecule has 3 heterocycles. The van der Waals surface area contributed by atoms with Gasteiger partial charge in [-0.25, -0.2) is 9.97 Å². The zero-order chi connectivity index (χ0) is 26.2. The van der Waals surface area contributed by atoms with E-state index >= 15 is 0 Å². The lowest BCUT2D eigenvalue weighted by Crippen LogP contribution is -2.28. The normalized spacial score (nSPS) is 16.8. The summed E-state index contributed by atoms with van der Waals surface area (Å²) in [5.41, 5.74) is 9.73. The third-order valence-electron chi connectivity index (χ3n) is 7.18. The molecule has 0 atom stereocenters. The van der Waals surface area contributed by atoms with Crippen molar-refractivity contribution < 1.29 is 9.90 Å². The third-order valence-corrected chi connectivity index (χ3v) is 7.18. The lowest BCUT2D eigenvalue weighted by Gasteiger charge is -2.35. The fraction of sp³-hybridized carbons (Fsp3) is 0.172. The predicted molar refractivity (Wildman–Crippen MR) is 146 cm³/mol. The molecule has 0 spiro atoms. The van der Waals surface area contributed by atoms with Crippen molar-refractivity contribution in [2.75, 3.05) is 17.7 Å². The number of carbonyl (C=O) groups is 1. The molecule has 0 saturated heterocycles. The van der Waals surface area contributed by atoms with Crippen molar-refractivity contribution in [3.63, 3.8) is 0 Å². The molecule has 9 heteroatoms. The standard InChI is InChI=1S/C29H26N6O3/c30-26-25-24(15-35(27(25)32-17-31-26)22-13-18(14-22)16-36)19-8-10-20(11-9-19)33-28(37)23-7-4-12-34(29(23)38)21-5-2-1-3-6-21/h1-12,15,17-18,22,36H,13-14,16H2,(H,33,37)(H2,30,31,32). The van der Waals surface area contributed by atoms with E-state index in [9.17, 15) is 14.7 Å². The fourth-order valence-electron chi connectivity index (χ4n) is 5.07. The summed E-state index contributed by atoms with van der Waals surface area (Å²) in [4.78, 5) is 34.7. The van der Waals surface area contributed by atoms with Crippen molar-refractivity contribution in [3.8, 4) is 16.8 Å². The van der Waals surface area contributed by atoms with Gasteiger partial charge in [0.05, 0.1) is 5.39 Å². The number of hydrogen-bond donors (Lipinski definition) is 3. The van der Waals surface area contributed by atoms with Gasteiger partial charge in [0.25, 0.3) is 11.5 Å². The van der Waals surface area contributed by atoms with E-state index in [1.807, 2.05) is 48.7 Å². The largest absolute Gasteiger partial charge is 0.396 e. The van der Waals surface area contributed by atoms with Gasteiger partial charge in [0.2, 0.25) is 0 Å². The molecule has 0 unspecified atom stereocenters. The van der Waals surface area contributed by atoms with Crippen LogP contribution >= 0.6 is 0 Å². The highest BCUT2D eigenvalue weighted by molar-refractivity contribution is 6.04. The zero-order valence-electron chi connectivity index (χ0n) is 20.5. The number of aliphatic hydroxyl groups excluding tert-OH is 1. The molecule has 1 aliphatic carbocycles. The van der Waals surface area contributed by atoms with Crippen LogP contribution in [0.25, 0.3) is 27.8 Å². The molecule has 1 saturated carbocycles. The van der Waals surface area contributed by atoms with Gasteiger partial charge in [-0.05, 0) is 60.7 Å². The number of fused-ring (bicyclic) bond motifs is 1. The number of aromatic nitrogens is 4. The number of nitrogens with two attached hydrogens (primary N) is 1. The van der Waals surface area contributed by atoms with Gasteiger partial charge in [0.15, 0.2) is 0 Å². The number of hydrogen-bond acceptors (Lipinski definition) is 6. The van der Waals surface area contributed by atoms with Gasteiger partial charge < -0.3 is 20.7 Å². The van der Waals surface area contributed by atoms with Crippen LogP contribution in [0.15, 0.2) is 90.2 Å². The van der Waals surface area contributed by atoms with E-state index in [1.165, 1.54) is 17.0 Å². The van der Waals surface area contributed by atoms with Gasteiger partial charge in [-0.3, -0.25) is 14.2 Å². The fourth-order valence-corrected chi connectivity index (χ4v) is 5.07. The van der Waals surface area contributed by atoms with Crippen LogP contribution in [-0.2, 0) is 0 Å². The number of carbonyl (C=O) groups excluding carboxylic acids is 1. The highest BCUT2D eigenvalue weighted by Crippen LogP contribution is 2.42. The molecule has 5 aromatic rings. The molecule has 1 aliphatic rings. The van der Waals surface area contributed by atoms with Crippen molar-refractivity contribution in [3.05, 3.63) is 101 Å². The molecule has 0 radical (unpaired) electrons. The van der Waals surface area contributed by atoms with E-state index in [4.69, 9.17) is 5.73 Å². The smallest absolute Gasteiger partial charge is 0.267 e. The number of anilines is 2. The average molecular weight is 507 g/mol. The topological polar surface area (TPSA) is 128 Å². The van der Waals surface area contributed by atoms with Crippen LogP contribution < -0.4 is 16.6 Å². The molecule has 3 aromatic heterocycles. The molecule has 6 rings (SSSR count). The molecule has 190 valence electrons. The second-order valence-corrected chi connectivity index (χ2v) is 9.55. The SMILES string of the molecule is Nc1ncnc2c1c(-c1ccc(NC(=O)c3cccn(-c4ccccc4)c3=O)cc1)cn2C1CC(CO)C1. The first kappa shape index (κ1) is 23.6. The first-order valence-corrected chi connectivity index (χ1v) is 12.4. The van der Waals surface area contributed by atoms with Crippen molar-refractivity contribution in [1.29, 1.82) is 0 Å². The van der Waals surface area contributed by atoms with Crippen LogP contribution in [-0.4, -0.2) is 36.7 Å². The number of para-hydroxylation sites is 1. The molecule has 0 bridgehead atoms. The molecular formula is C29H26N6O3. The van der Waals surface area contributed by atoms with Crippen molar-refractivity contribution in [2.45, 2.75) is 18.9 Å². The Morgan fingerprint density at radius 1 is 1.03 bits per heavy atom. The third kappa shape index (κ3) is 4.12. The quantitative estimate of drug-likeness (QED) is 0.319. The number of nitrogens with zero attached hydrogens (tertiary/aromatic N) is 4. The zero-order valence-corrected chi connectivity index (χ0v) is 20.5. The number of rotatable bonds is 6. The Morgan fingerprint density at radius 3 is 2.53 bits per heavy atom. The highest BCUT2D eigenvalue weighted by atomic mass is 16.3. The Bertz CT molecular complexity index is 1690. The molecule has 4 N–H and O–H groups in total. The Kier molecular flexibility index (Phi) is 5.97. The second kappa shape index (κ2) is 9.60. The lowest BCUT2D eigenvalue weighted by atomic mass is 9.81. The minimum atomic E-state index is -0.481. The number of pyridine rings is 1. The average Bonchev–Trinajstić information content (AvgIpc) is 3.30. The lowest BCUT2D eigenvalue weighted by molar-refractivity contribution is 0.102. The summed E-state index contributed by atoms with van der Waals surface area (Å²) in [7, 11) is 0. The van der Waals surface area contributed by atoms with Crippen LogP contribution in [0.2, 0.25) is 0 Å². The Balaban J connectivity index is 1.27. The summed E-state index contributed by atoms with van der Waals surface area (Å²) in [6.45, 7) is 0.190. The summed E-state index contributed by atoms with van der Waals surface area (Å²) < 4.78 is 3.57. The van der Waals surface area contributed by atoms with Gasteiger partial charge in [-0.15, -0.1) is 0 Å². The van der Waals surface area contributed by atoms with E-state index in [-0.39, 0.29) is 18.2 Å². The maximum absolute atomic E-state index is 13.0. The number of aliphatic hydroxyl groups is 1. The van der Waals surface area contributed by atoms with Crippen molar-refractivity contribution >= 4 is 28.4 Å². The van der Waals surface area contributed by atoms with Gasteiger partial charge in [0.1, 0.15) is 23.4 Å². The Labute approximate surface area is 218 Å². The molecule has 1 amide bonds. The molecular weight excluding hydrogens is 480 g/mol. The molecule has 9 nitrogen and oxygen atoms in total. The van der Waals surface area contributed by atoms with Crippen LogP contribution in [0.5, 0.6) is 0 Å². The van der Waals surface area contributed by atoms with E-state index < -0.39 is 11.5 Å². The number of amides is 1. The van der Waals surface area contributed by atoms with Gasteiger partial charge in [-0.1, -0.05) is 30.3 Å². The predicted octanol–water partition coefficient (Wildman–Crippen LogP) is 4.03. The van der Waals surface area contributed by atoms with Gasteiger partial charge >= 0.3 is 0 Å². The molecule has 1 fully saturated rings. The van der Waals surface area contributed by atoms with Crippen LogP contribution in [0.1, 0.15) is 29.2 Å². The minimum Gasteiger partial charge on any atom is -0.396 e. The first-order chi connectivity index (χ1) is 18.5. The minimum absolute atomic E-state index is 0.0510. The monoisotopic (exact) mass is 506 g/mol. The van der Waals surface area contributed by atoms with E-state index in [0.29, 0.717) is 23.1 Å². The molecule has 2 aromatic carbocycles. The summed E-state index contributed by atoms with van der Waals surface area (Å²) >= 11 is 0. The second-order valence-electron chi connectivity index (χ2n) is 9.55. The van der Waals surface area contributed by atoms with Crippen molar-refractivity contribution in [1.82, 2.24) is 19.1 Å².